The highest BCUT2D eigenvalue weighted by Crippen LogP contribution is 2.45. The van der Waals surface area contributed by atoms with Gasteiger partial charge in [-0.2, -0.15) is 0 Å². The van der Waals surface area contributed by atoms with E-state index in [0.29, 0.717) is 0 Å². The van der Waals surface area contributed by atoms with Crippen molar-refractivity contribution >= 4 is 17.4 Å². The van der Waals surface area contributed by atoms with Crippen LogP contribution in [0.15, 0.2) is 17.0 Å². The first-order chi connectivity index (χ1) is 6.74. The van der Waals surface area contributed by atoms with Gasteiger partial charge in [0.25, 0.3) is 0 Å². The molecule has 3 heteroatoms. The van der Waals surface area contributed by atoms with Gasteiger partial charge in [-0.15, -0.1) is 11.8 Å². The van der Waals surface area contributed by atoms with Crippen LogP contribution >= 0.6 is 11.8 Å². The normalized spacial score (nSPS) is 25.1. The van der Waals surface area contributed by atoms with Gasteiger partial charge in [-0.3, -0.25) is 0 Å². The van der Waals surface area contributed by atoms with E-state index in [1.165, 1.54) is 22.8 Å². The maximum absolute atomic E-state index is 5.89. The first-order valence-electron chi connectivity index (χ1n) is 4.97. The molecule has 14 heavy (non-hydrogen) atoms. The molecule has 3 rings (SSSR count). The van der Waals surface area contributed by atoms with Crippen molar-refractivity contribution in [3.8, 4) is 0 Å². The number of benzene rings is 1. The fourth-order valence-corrected chi connectivity index (χ4v) is 3.90. The standard InChI is InChI=1S/C11H14N2S/c1-13-4-7-2-9(12)3-10-11(7)8(5-13)6-14-10/h2-3,8H,4-6,12H2,1H3. The van der Waals surface area contributed by atoms with Crippen molar-refractivity contribution in [2.45, 2.75) is 17.4 Å². The Labute approximate surface area is 88.5 Å². The van der Waals surface area contributed by atoms with Gasteiger partial charge in [0.2, 0.25) is 0 Å². The lowest BCUT2D eigenvalue weighted by Gasteiger charge is -2.29. The van der Waals surface area contributed by atoms with Crippen LogP contribution in [0.4, 0.5) is 5.69 Å². The molecule has 1 aromatic rings. The number of hydrogen-bond donors (Lipinski definition) is 1. The van der Waals surface area contributed by atoms with Crippen LogP contribution in [0.2, 0.25) is 0 Å². The molecular formula is C11H14N2S. The van der Waals surface area contributed by atoms with Gasteiger partial charge >= 0.3 is 0 Å². The second-order valence-electron chi connectivity index (χ2n) is 4.30. The molecule has 0 saturated carbocycles. The van der Waals surface area contributed by atoms with E-state index in [2.05, 4.69) is 24.1 Å². The van der Waals surface area contributed by atoms with Crippen molar-refractivity contribution in [3.05, 3.63) is 23.3 Å². The summed E-state index contributed by atoms with van der Waals surface area (Å²) >= 11 is 1.96. The summed E-state index contributed by atoms with van der Waals surface area (Å²) in [6, 6.07) is 4.28. The molecule has 1 unspecified atom stereocenters. The van der Waals surface area contributed by atoms with E-state index in [0.717, 1.165) is 18.2 Å². The average molecular weight is 206 g/mol. The molecule has 0 bridgehead atoms. The van der Waals surface area contributed by atoms with Crippen molar-refractivity contribution in [2.75, 3.05) is 25.1 Å². The monoisotopic (exact) mass is 206 g/mol. The van der Waals surface area contributed by atoms with Crippen molar-refractivity contribution in [2.24, 2.45) is 0 Å². The van der Waals surface area contributed by atoms with Gasteiger partial charge < -0.3 is 10.6 Å². The smallest absolute Gasteiger partial charge is 0.0328 e. The molecule has 0 spiro atoms. The van der Waals surface area contributed by atoms with Crippen LogP contribution < -0.4 is 5.73 Å². The number of rotatable bonds is 0. The quantitative estimate of drug-likeness (QED) is 0.657. The number of thioether (sulfide) groups is 1. The van der Waals surface area contributed by atoms with Gasteiger partial charge in [-0.1, -0.05) is 0 Å². The zero-order chi connectivity index (χ0) is 9.71. The third-order valence-corrected chi connectivity index (χ3v) is 4.29. The molecule has 74 valence electrons. The first kappa shape index (κ1) is 8.62. The van der Waals surface area contributed by atoms with Crippen LogP contribution in [-0.4, -0.2) is 24.2 Å². The summed E-state index contributed by atoms with van der Waals surface area (Å²) < 4.78 is 0. The summed E-state index contributed by atoms with van der Waals surface area (Å²) in [5, 5.41) is 0. The van der Waals surface area contributed by atoms with Crippen LogP contribution in [0.1, 0.15) is 17.0 Å². The second-order valence-corrected chi connectivity index (χ2v) is 5.36. The molecule has 2 aliphatic heterocycles. The highest BCUT2D eigenvalue weighted by atomic mass is 32.2. The number of anilines is 1. The van der Waals surface area contributed by atoms with Crippen molar-refractivity contribution in [1.82, 2.24) is 4.90 Å². The number of nitrogens with zero attached hydrogens (tertiary/aromatic N) is 1. The van der Waals surface area contributed by atoms with Gasteiger partial charge in [0.05, 0.1) is 0 Å². The number of nitrogen functional groups attached to an aromatic ring is 1. The molecule has 2 aliphatic rings. The third kappa shape index (κ3) is 1.16. The second kappa shape index (κ2) is 2.91. The molecule has 0 aromatic heterocycles. The fourth-order valence-electron chi connectivity index (χ4n) is 2.57. The lowest BCUT2D eigenvalue weighted by atomic mass is 9.91. The molecule has 2 nitrogen and oxygen atoms in total. The van der Waals surface area contributed by atoms with Crippen LogP contribution in [0.25, 0.3) is 0 Å². The lowest BCUT2D eigenvalue weighted by molar-refractivity contribution is 0.290. The Morgan fingerprint density at radius 3 is 3.21 bits per heavy atom. The minimum Gasteiger partial charge on any atom is -0.399 e. The Morgan fingerprint density at radius 2 is 2.36 bits per heavy atom. The molecule has 2 heterocycles. The largest absolute Gasteiger partial charge is 0.399 e. The van der Waals surface area contributed by atoms with Gasteiger partial charge in [0, 0.05) is 35.3 Å². The van der Waals surface area contributed by atoms with Gasteiger partial charge in [-0.05, 0) is 30.3 Å². The molecule has 0 aliphatic carbocycles. The van der Waals surface area contributed by atoms with E-state index in [4.69, 9.17) is 5.73 Å². The van der Waals surface area contributed by atoms with Crippen molar-refractivity contribution < 1.29 is 0 Å². The Morgan fingerprint density at radius 1 is 1.50 bits per heavy atom. The minimum atomic E-state index is 0.740. The van der Waals surface area contributed by atoms with E-state index in [1.807, 2.05) is 11.8 Å². The van der Waals surface area contributed by atoms with Crippen LogP contribution in [0, 0.1) is 0 Å². The zero-order valence-corrected chi connectivity index (χ0v) is 9.10. The molecular weight excluding hydrogens is 192 g/mol. The Bertz CT molecular complexity index is 389. The SMILES string of the molecule is CN1Cc2cc(N)cc3c2C(CS3)C1. The highest BCUT2D eigenvalue weighted by molar-refractivity contribution is 7.99. The average Bonchev–Trinajstić information content (AvgIpc) is 2.48. The van der Waals surface area contributed by atoms with E-state index in [1.54, 1.807) is 5.56 Å². The lowest BCUT2D eigenvalue weighted by Crippen LogP contribution is -2.30. The fraction of sp³-hybridized carbons (Fsp3) is 0.455. The molecule has 0 radical (unpaired) electrons. The summed E-state index contributed by atoms with van der Waals surface area (Å²) in [6.45, 7) is 2.27. The Balaban J connectivity index is 2.18. The summed E-state index contributed by atoms with van der Waals surface area (Å²) in [4.78, 5) is 3.82. The number of nitrogens with two attached hydrogens (primary N) is 1. The van der Waals surface area contributed by atoms with E-state index >= 15 is 0 Å². The van der Waals surface area contributed by atoms with E-state index < -0.39 is 0 Å². The molecule has 2 N–H and O–H groups in total. The topological polar surface area (TPSA) is 29.3 Å². The Kier molecular flexibility index (Phi) is 1.79. The molecule has 1 aromatic carbocycles. The summed E-state index contributed by atoms with van der Waals surface area (Å²) in [5.74, 6) is 1.97. The molecule has 0 amide bonds. The molecule has 0 fully saturated rings. The van der Waals surface area contributed by atoms with Crippen LogP contribution in [0.3, 0.4) is 0 Å². The maximum atomic E-state index is 5.89. The maximum Gasteiger partial charge on any atom is 0.0328 e. The van der Waals surface area contributed by atoms with Crippen molar-refractivity contribution in [3.63, 3.8) is 0 Å². The Hall–Kier alpha value is -0.670. The molecule has 1 atom stereocenters. The van der Waals surface area contributed by atoms with Crippen LogP contribution in [0.5, 0.6) is 0 Å². The predicted octanol–water partition coefficient (Wildman–Crippen LogP) is 1.90. The number of hydrogen-bond acceptors (Lipinski definition) is 3. The molecule has 0 saturated heterocycles. The summed E-state index contributed by atoms with van der Waals surface area (Å²) in [7, 11) is 2.19. The third-order valence-electron chi connectivity index (χ3n) is 3.07. The van der Waals surface area contributed by atoms with Crippen molar-refractivity contribution in [1.29, 1.82) is 0 Å². The minimum absolute atomic E-state index is 0.740. The summed E-state index contributed by atoms with van der Waals surface area (Å²) in [5.41, 5.74) is 9.84. The van der Waals surface area contributed by atoms with Crippen LogP contribution in [-0.2, 0) is 6.54 Å². The highest BCUT2D eigenvalue weighted by Gasteiger charge is 2.31. The van der Waals surface area contributed by atoms with E-state index in [9.17, 15) is 0 Å². The predicted molar refractivity (Wildman–Crippen MR) is 60.7 cm³/mol. The van der Waals surface area contributed by atoms with Gasteiger partial charge in [-0.25, -0.2) is 0 Å². The summed E-state index contributed by atoms with van der Waals surface area (Å²) in [6.07, 6.45) is 0. The van der Waals surface area contributed by atoms with E-state index in [-0.39, 0.29) is 0 Å². The van der Waals surface area contributed by atoms with Gasteiger partial charge in [0.15, 0.2) is 0 Å². The zero-order valence-electron chi connectivity index (χ0n) is 8.29. The first-order valence-corrected chi connectivity index (χ1v) is 5.96. The van der Waals surface area contributed by atoms with Gasteiger partial charge in [0.1, 0.15) is 0 Å². The number of likely N-dealkylation sites (N-methyl/N-ethyl adjacent to an activating group) is 1.